The van der Waals surface area contributed by atoms with Crippen molar-refractivity contribution in [3.63, 3.8) is 0 Å². The Morgan fingerprint density at radius 3 is 2.90 bits per heavy atom. The molecule has 1 amide bonds. The van der Waals surface area contributed by atoms with Crippen LogP contribution in [0.25, 0.3) is 0 Å². The number of rotatable bonds is 2. The Bertz CT molecular complexity index is 692. The fourth-order valence-corrected chi connectivity index (χ4v) is 3.74. The van der Waals surface area contributed by atoms with Gasteiger partial charge in [0.05, 0.1) is 6.04 Å². The second-order valence-electron chi connectivity index (χ2n) is 4.83. The van der Waals surface area contributed by atoms with Crippen molar-refractivity contribution in [1.82, 2.24) is 5.32 Å². The van der Waals surface area contributed by atoms with Gasteiger partial charge in [0.2, 0.25) is 0 Å². The molecule has 2 aromatic carbocycles. The van der Waals surface area contributed by atoms with Crippen molar-refractivity contribution in [2.45, 2.75) is 17.4 Å². The van der Waals surface area contributed by atoms with Crippen LogP contribution >= 0.6 is 23.4 Å². The molecule has 1 N–H and O–H groups in total. The fourth-order valence-electron chi connectivity index (χ4n) is 2.41. The molecule has 0 fully saturated rings. The molecule has 0 aromatic heterocycles. The van der Waals surface area contributed by atoms with Crippen molar-refractivity contribution in [3.8, 4) is 0 Å². The summed E-state index contributed by atoms with van der Waals surface area (Å²) >= 11 is 7.40. The van der Waals surface area contributed by atoms with Crippen molar-refractivity contribution < 1.29 is 9.18 Å². The first-order valence-electron chi connectivity index (χ1n) is 6.63. The summed E-state index contributed by atoms with van der Waals surface area (Å²) in [5.74, 6) is 0.373. The first kappa shape index (κ1) is 14.4. The number of carbonyl (C=O) groups is 1. The smallest absolute Gasteiger partial charge is 0.251 e. The second-order valence-corrected chi connectivity index (χ2v) is 6.37. The monoisotopic (exact) mass is 321 g/mol. The molecular weight excluding hydrogens is 309 g/mol. The van der Waals surface area contributed by atoms with Gasteiger partial charge in [-0.05, 0) is 36.2 Å². The number of carbonyl (C=O) groups excluding carboxylic acids is 1. The summed E-state index contributed by atoms with van der Waals surface area (Å²) in [6, 6.07) is 11.6. The molecule has 1 aliphatic heterocycles. The van der Waals surface area contributed by atoms with Gasteiger partial charge >= 0.3 is 0 Å². The van der Waals surface area contributed by atoms with Gasteiger partial charge in [-0.2, -0.15) is 0 Å². The molecule has 0 saturated carbocycles. The summed E-state index contributed by atoms with van der Waals surface area (Å²) < 4.78 is 13.8. The van der Waals surface area contributed by atoms with Crippen LogP contribution in [0.15, 0.2) is 47.4 Å². The molecule has 1 atom stereocenters. The third-order valence-corrected chi connectivity index (χ3v) is 4.81. The number of amides is 1. The van der Waals surface area contributed by atoms with Gasteiger partial charge in [-0.1, -0.05) is 29.8 Å². The van der Waals surface area contributed by atoms with E-state index >= 15 is 0 Å². The molecule has 5 heteroatoms. The highest BCUT2D eigenvalue weighted by Gasteiger charge is 2.24. The van der Waals surface area contributed by atoms with Crippen LogP contribution in [0.3, 0.4) is 0 Å². The van der Waals surface area contributed by atoms with Gasteiger partial charge in [-0.25, -0.2) is 4.39 Å². The van der Waals surface area contributed by atoms with E-state index in [9.17, 15) is 9.18 Å². The van der Waals surface area contributed by atoms with E-state index in [1.807, 2.05) is 6.07 Å². The van der Waals surface area contributed by atoms with Crippen molar-refractivity contribution in [3.05, 3.63) is 64.4 Å². The predicted octanol–water partition coefficient (Wildman–Crippen LogP) is 4.45. The molecule has 0 aliphatic carbocycles. The number of thioether (sulfide) groups is 1. The number of halogens is 2. The zero-order valence-corrected chi connectivity index (χ0v) is 12.7. The second kappa shape index (κ2) is 6.08. The van der Waals surface area contributed by atoms with Crippen LogP contribution in [0.4, 0.5) is 4.39 Å². The minimum Gasteiger partial charge on any atom is -0.345 e. The van der Waals surface area contributed by atoms with Gasteiger partial charge < -0.3 is 5.32 Å². The van der Waals surface area contributed by atoms with E-state index in [4.69, 9.17) is 11.6 Å². The summed E-state index contributed by atoms with van der Waals surface area (Å²) in [5.41, 5.74) is 1.36. The lowest BCUT2D eigenvalue weighted by molar-refractivity contribution is 0.0935. The standard InChI is InChI=1S/C16H13ClFNOS/c17-11-4-1-3-10(9-11)16(20)19-14-7-8-21-15-12(14)5-2-6-13(15)18/h1-6,9,14H,7-8H2,(H,19,20). The van der Waals surface area contributed by atoms with Crippen LogP contribution < -0.4 is 5.32 Å². The maximum atomic E-state index is 13.8. The Labute approximate surface area is 131 Å². The number of benzene rings is 2. The van der Waals surface area contributed by atoms with Gasteiger partial charge in [-0.3, -0.25) is 4.79 Å². The summed E-state index contributed by atoms with van der Waals surface area (Å²) in [6.45, 7) is 0. The van der Waals surface area contributed by atoms with Crippen molar-refractivity contribution in [1.29, 1.82) is 0 Å². The van der Waals surface area contributed by atoms with Gasteiger partial charge in [0, 0.05) is 21.2 Å². The highest BCUT2D eigenvalue weighted by atomic mass is 35.5. The van der Waals surface area contributed by atoms with Crippen LogP contribution in [0, 0.1) is 5.82 Å². The summed E-state index contributed by atoms with van der Waals surface area (Å²) in [4.78, 5) is 12.9. The third kappa shape index (κ3) is 3.06. The van der Waals surface area contributed by atoms with Gasteiger partial charge in [-0.15, -0.1) is 11.8 Å². The average molecular weight is 322 g/mol. The van der Waals surface area contributed by atoms with E-state index in [1.54, 1.807) is 30.3 Å². The lowest BCUT2D eigenvalue weighted by Crippen LogP contribution is -2.30. The molecule has 1 aliphatic rings. The summed E-state index contributed by atoms with van der Waals surface area (Å²) in [7, 11) is 0. The van der Waals surface area contributed by atoms with Gasteiger partial charge in [0.15, 0.2) is 0 Å². The predicted molar refractivity (Wildman–Crippen MR) is 83.4 cm³/mol. The maximum Gasteiger partial charge on any atom is 0.251 e. The van der Waals surface area contributed by atoms with Crippen LogP contribution in [-0.2, 0) is 0 Å². The van der Waals surface area contributed by atoms with E-state index in [0.29, 0.717) is 15.5 Å². The van der Waals surface area contributed by atoms with E-state index in [2.05, 4.69) is 5.32 Å². The Balaban J connectivity index is 1.84. The van der Waals surface area contributed by atoms with Crippen molar-refractivity contribution in [2.75, 3.05) is 5.75 Å². The van der Waals surface area contributed by atoms with Gasteiger partial charge in [0.1, 0.15) is 5.82 Å². The highest BCUT2D eigenvalue weighted by molar-refractivity contribution is 7.99. The van der Waals surface area contributed by atoms with E-state index in [-0.39, 0.29) is 17.8 Å². The Morgan fingerprint density at radius 2 is 2.10 bits per heavy atom. The summed E-state index contributed by atoms with van der Waals surface area (Å²) in [5, 5.41) is 3.49. The molecule has 0 bridgehead atoms. The van der Waals surface area contributed by atoms with Crippen molar-refractivity contribution in [2.24, 2.45) is 0 Å². The average Bonchev–Trinajstić information content (AvgIpc) is 2.48. The number of nitrogens with one attached hydrogen (secondary N) is 1. The lowest BCUT2D eigenvalue weighted by Gasteiger charge is -2.26. The SMILES string of the molecule is O=C(NC1CCSc2c(F)cccc21)c1cccc(Cl)c1. The number of fused-ring (bicyclic) bond motifs is 1. The normalized spacial score (nSPS) is 17.1. The number of hydrogen-bond donors (Lipinski definition) is 1. The first-order valence-corrected chi connectivity index (χ1v) is 7.99. The Hall–Kier alpha value is -1.52. The van der Waals surface area contributed by atoms with Gasteiger partial charge in [0.25, 0.3) is 5.91 Å². The molecule has 2 nitrogen and oxygen atoms in total. The highest BCUT2D eigenvalue weighted by Crippen LogP contribution is 2.37. The Morgan fingerprint density at radius 1 is 1.29 bits per heavy atom. The molecule has 0 spiro atoms. The van der Waals surface area contributed by atoms with E-state index in [1.165, 1.54) is 17.8 Å². The summed E-state index contributed by atoms with van der Waals surface area (Å²) in [6.07, 6.45) is 0.785. The molecule has 3 rings (SSSR count). The quantitative estimate of drug-likeness (QED) is 0.885. The molecule has 108 valence electrons. The number of hydrogen-bond acceptors (Lipinski definition) is 2. The largest absolute Gasteiger partial charge is 0.345 e. The van der Waals surface area contributed by atoms with Crippen LogP contribution in [0.2, 0.25) is 5.02 Å². The van der Waals surface area contributed by atoms with Crippen molar-refractivity contribution >= 4 is 29.3 Å². The molecule has 2 aromatic rings. The maximum absolute atomic E-state index is 13.8. The molecule has 0 saturated heterocycles. The molecular formula is C16H13ClFNOS. The Kier molecular flexibility index (Phi) is 4.17. The minimum atomic E-state index is -0.223. The fraction of sp³-hybridized carbons (Fsp3) is 0.188. The van der Waals surface area contributed by atoms with Crippen LogP contribution in [0.1, 0.15) is 28.4 Å². The minimum absolute atomic E-state index is 0.163. The molecule has 0 radical (unpaired) electrons. The van der Waals surface area contributed by atoms with E-state index < -0.39 is 0 Å². The molecule has 21 heavy (non-hydrogen) atoms. The molecule has 1 heterocycles. The van der Waals surface area contributed by atoms with Crippen LogP contribution in [0.5, 0.6) is 0 Å². The first-order chi connectivity index (χ1) is 10.1. The topological polar surface area (TPSA) is 29.1 Å². The third-order valence-electron chi connectivity index (χ3n) is 3.42. The van der Waals surface area contributed by atoms with E-state index in [0.717, 1.165) is 17.7 Å². The zero-order valence-electron chi connectivity index (χ0n) is 11.1. The lowest BCUT2D eigenvalue weighted by atomic mass is 10.0. The molecule has 1 unspecified atom stereocenters. The van der Waals surface area contributed by atoms with Crippen LogP contribution in [-0.4, -0.2) is 11.7 Å². The zero-order chi connectivity index (χ0) is 14.8.